The minimum absolute atomic E-state index is 0.0526. The molecule has 0 atom stereocenters. The molecule has 1 aromatic heterocycles. The van der Waals surface area contributed by atoms with Crippen LogP contribution < -0.4 is 10.3 Å². The summed E-state index contributed by atoms with van der Waals surface area (Å²) in [5, 5.41) is 0.165. The number of hydrogen-bond donors (Lipinski definition) is 1. The molecule has 0 bridgehead atoms. The van der Waals surface area contributed by atoms with Gasteiger partial charge in [-0.15, -0.1) is 0 Å². The van der Waals surface area contributed by atoms with E-state index in [2.05, 4.69) is 38.8 Å². The average molecular weight is 359 g/mol. The molecular weight excluding hydrogens is 328 g/mol. The third-order valence-corrected chi connectivity index (χ3v) is 9.40. The van der Waals surface area contributed by atoms with Crippen LogP contribution in [0.25, 0.3) is 0 Å². The Morgan fingerprint density at radius 1 is 1.26 bits per heavy atom. The Balaban J connectivity index is 2.84. The van der Waals surface area contributed by atoms with Gasteiger partial charge >= 0.3 is 0 Å². The summed E-state index contributed by atoms with van der Waals surface area (Å²) in [6.07, 6.45) is 0. The molecule has 1 rings (SSSR count). The van der Waals surface area contributed by atoms with Crippen LogP contribution in [-0.2, 0) is 11.5 Å². The summed E-state index contributed by atoms with van der Waals surface area (Å²) in [4.78, 5) is 15.4. The van der Waals surface area contributed by atoms with Gasteiger partial charge in [0.05, 0.1) is 12.2 Å². The van der Waals surface area contributed by atoms with Gasteiger partial charge in [0.1, 0.15) is 6.61 Å². The van der Waals surface area contributed by atoms with Gasteiger partial charge in [-0.1, -0.05) is 34.6 Å². The summed E-state index contributed by atoms with van der Waals surface area (Å²) < 4.78 is 13.7. The molecule has 0 spiro atoms. The van der Waals surface area contributed by atoms with Gasteiger partial charge in [-0.25, -0.2) is 0 Å². The van der Waals surface area contributed by atoms with E-state index in [9.17, 15) is 4.79 Å². The first-order chi connectivity index (χ1) is 10.4. The molecule has 7 heteroatoms. The molecule has 0 aromatic carbocycles. The molecule has 1 aromatic rings. The zero-order chi connectivity index (χ0) is 18.0. The molecule has 0 radical (unpaired) electrons. The van der Waals surface area contributed by atoms with E-state index in [1.807, 2.05) is 13.8 Å². The molecule has 0 saturated heterocycles. The smallest absolute Gasteiger partial charge is 0.261 e. The maximum absolute atomic E-state index is 12.3. The van der Waals surface area contributed by atoms with Crippen LogP contribution in [0.3, 0.4) is 0 Å². The molecule has 1 heterocycles. The van der Waals surface area contributed by atoms with Gasteiger partial charge in [-0.2, -0.15) is 0 Å². The summed E-state index contributed by atoms with van der Waals surface area (Å²) in [5.41, 5.74) is 0.512. The van der Waals surface area contributed by atoms with Crippen molar-refractivity contribution in [2.75, 3.05) is 13.2 Å². The van der Waals surface area contributed by atoms with Gasteiger partial charge in [0.2, 0.25) is 5.88 Å². The first-order valence-corrected chi connectivity index (χ1v) is 11.3. The van der Waals surface area contributed by atoms with Crippen LogP contribution in [0.4, 0.5) is 0 Å². The standard InChI is InChI=1S/C16H30N2O3SSi/c1-11(2)12-13(17-15(22)18(6)14(12)19)20-9-10-21-23(7,8)16(3,4)5/h11H,9-10H2,1-8H3,(H,17,22). The quantitative estimate of drug-likeness (QED) is 0.475. The SMILES string of the molecule is CC(C)c1c(OCCO[Si](C)(C)C(C)(C)C)[nH]c(=S)n(C)c1=O. The van der Waals surface area contributed by atoms with E-state index in [-0.39, 0.29) is 16.5 Å². The molecule has 0 saturated carbocycles. The number of rotatable bonds is 6. The maximum Gasteiger partial charge on any atom is 0.261 e. The maximum atomic E-state index is 12.3. The van der Waals surface area contributed by atoms with E-state index in [4.69, 9.17) is 21.4 Å². The minimum Gasteiger partial charge on any atom is -0.476 e. The monoisotopic (exact) mass is 358 g/mol. The van der Waals surface area contributed by atoms with Crippen molar-refractivity contribution in [2.45, 2.75) is 58.7 Å². The summed E-state index contributed by atoms with van der Waals surface area (Å²) in [7, 11) is -0.122. The van der Waals surface area contributed by atoms with Gasteiger partial charge in [-0.3, -0.25) is 9.36 Å². The molecule has 1 N–H and O–H groups in total. The first kappa shape index (κ1) is 20.1. The Hall–Kier alpha value is -0.923. The molecule has 23 heavy (non-hydrogen) atoms. The third-order valence-electron chi connectivity index (χ3n) is 4.48. The fraction of sp³-hybridized carbons (Fsp3) is 0.750. The van der Waals surface area contributed by atoms with Gasteiger partial charge in [-0.05, 0) is 36.3 Å². The van der Waals surface area contributed by atoms with Crippen molar-refractivity contribution in [1.29, 1.82) is 0 Å². The second-order valence-electron chi connectivity index (χ2n) is 7.65. The van der Waals surface area contributed by atoms with Gasteiger partial charge in [0.25, 0.3) is 5.56 Å². The zero-order valence-electron chi connectivity index (χ0n) is 15.6. The van der Waals surface area contributed by atoms with Gasteiger partial charge in [0, 0.05) is 7.05 Å². The van der Waals surface area contributed by atoms with Crippen molar-refractivity contribution in [3.8, 4) is 5.88 Å². The Kier molecular flexibility index (Phi) is 6.40. The predicted molar refractivity (Wildman–Crippen MR) is 99.6 cm³/mol. The highest BCUT2D eigenvalue weighted by atomic mass is 32.1. The second-order valence-corrected chi connectivity index (χ2v) is 12.8. The summed E-state index contributed by atoms with van der Waals surface area (Å²) in [6.45, 7) is 15.9. The molecule has 0 aliphatic rings. The lowest BCUT2D eigenvalue weighted by atomic mass is 10.1. The summed E-state index contributed by atoms with van der Waals surface area (Å²) in [6, 6.07) is 0. The summed E-state index contributed by atoms with van der Waals surface area (Å²) in [5.74, 6) is 0.517. The zero-order valence-corrected chi connectivity index (χ0v) is 17.4. The van der Waals surface area contributed by atoms with E-state index in [1.165, 1.54) is 4.57 Å². The molecule has 0 amide bonds. The van der Waals surface area contributed by atoms with E-state index in [1.54, 1.807) is 7.05 Å². The minimum atomic E-state index is -1.79. The molecule has 132 valence electrons. The van der Waals surface area contributed by atoms with E-state index >= 15 is 0 Å². The van der Waals surface area contributed by atoms with Crippen molar-refractivity contribution in [1.82, 2.24) is 9.55 Å². The lowest BCUT2D eigenvalue weighted by Gasteiger charge is -2.36. The molecule has 0 fully saturated rings. The number of nitrogens with zero attached hydrogens (tertiary/aromatic N) is 1. The van der Waals surface area contributed by atoms with E-state index in [0.717, 1.165) is 0 Å². The number of ether oxygens (including phenoxy) is 1. The third kappa shape index (κ3) is 4.78. The first-order valence-electron chi connectivity index (χ1n) is 7.98. The highest BCUT2D eigenvalue weighted by Crippen LogP contribution is 2.36. The fourth-order valence-corrected chi connectivity index (χ4v) is 3.10. The van der Waals surface area contributed by atoms with Crippen LogP contribution >= 0.6 is 12.2 Å². The fourth-order valence-electron chi connectivity index (χ4n) is 1.90. The number of hydrogen-bond acceptors (Lipinski definition) is 4. The largest absolute Gasteiger partial charge is 0.476 e. The Bertz CT molecular complexity index is 657. The molecule has 5 nitrogen and oxygen atoms in total. The van der Waals surface area contributed by atoms with Crippen LogP contribution in [0.1, 0.15) is 46.1 Å². The van der Waals surface area contributed by atoms with E-state index < -0.39 is 8.32 Å². The highest BCUT2D eigenvalue weighted by molar-refractivity contribution is 7.71. The van der Waals surface area contributed by atoms with Gasteiger partial charge in [0.15, 0.2) is 13.1 Å². The van der Waals surface area contributed by atoms with Crippen molar-refractivity contribution in [3.63, 3.8) is 0 Å². The molecule has 0 aliphatic heterocycles. The highest BCUT2D eigenvalue weighted by Gasteiger charge is 2.36. The lowest BCUT2D eigenvalue weighted by Crippen LogP contribution is -2.41. The molecule has 0 unspecified atom stereocenters. The van der Waals surface area contributed by atoms with Crippen LogP contribution in [0.15, 0.2) is 4.79 Å². The molecular formula is C16H30N2O3SSi. The lowest BCUT2D eigenvalue weighted by molar-refractivity contribution is 0.196. The number of aromatic amines is 1. The normalized spacial score (nSPS) is 12.7. The Morgan fingerprint density at radius 2 is 1.83 bits per heavy atom. The van der Waals surface area contributed by atoms with Crippen LogP contribution in [-0.4, -0.2) is 31.1 Å². The topological polar surface area (TPSA) is 56.2 Å². The van der Waals surface area contributed by atoms with Crippen LogP contribution in [0.2, 0.25) is 18.1 Å². The number of nitrogens with one attached hydrogen (secondary N) is 1. The number of H-pyrrole nitrogens is 1. The second kappa shape index (κ2) is 7.32. The van der Waals surface area contributed by atoms with Gasteiger partial charge < -0.3 is 14.1 Å². The van der Waals surface area contributed by atoms with Crippen LogP contribution in [0.5, 0.6) is 5.88 Å². The molecule has 0 aliphatic carbocycles. The number of aromatic nitrogens is 2. The predicted octanol–water partition coefficient (Wildman–Crippen LogP) is 3.97. The summed E-state index contributed by atoms with van der Waals surface area (Å²) >= 11 is 5.16. The van der Waals surface area contributed by atoms with Crippen LogP contribution in [0, 0.1) is 4.77 Å². The average Bonchev–Trinajstić information content (AvgIpc) is 2.39. The van der Waals surface area contributed by atoms with E-state index in [0.29, 0.717) is 29.4 Å². The Morgan fingerprint density at radius 3 is 2.30 bits per heavy atom. The Labute approximate surface area is 145 Å². The van der Waals surface area contributed by atoms with Crippen molar-refractivity contribution in [3.05, 3.63) is 20.7 Å². The van der Waals surface area contributed by atoms with Crippen molar-refractivity contribution < 1.29 is 9.16 Å². The van der Waals surface area contributed by atoms with Crippen molar-refractivity contribution in [2.24, 2.45) is 7.05 Å². The van der Waals surface area contributed by atoms with Crippen molar-refractivity contribution >= 4 is 20.5 Å².